The molecule has 0 fully saturated rings. The van der Waals surface area contributed by atoms with Gasteiger partial charge >= 0.3 is 0 Å². The van der Waals surface area contributed by atoms with Crippen molar-refractivity contribution in [2.75, 3.05) is 20.6 Å². The van der Waals surface area contributed by atoms with Gasteiger partial charge in [0.25, 0.3) is 0 Å². The first-order valence-corrected chi connectivity index (χ1v) is 3.34. The van der Waals surface area contributed by atoms with Gasteiger partial charge in [-0.25, -0.2) is 5.01 Å². The van der Waals surface area contributed by atoms with E-state index >= 15 is 0 Å². The molecule has 3 heteroatoms. The van der Waals surface area contributed by atoms with Gasteiger partial charge in [-0.15, -0.1) is 0 Å². The van der Waals surface area contributed by atoms with Gasteiger partial charge in [0.1, 0.15) is 0 Å². The van der Waals surface area contributed by atoms with Crippen molar-refractivity contribution in [1.82, 2.24) is 10.0 Å². The van der Waals surface area contributed by atoms with Crippen LogP contribution in [0.1, 0.15) is 6.42 Å². The predicted molar refractivity (Wildman–Crippen MR) is 39.2 cm³/mol. The fourth-order valence-electron chi connectivity index (χ4n) is 0.856. The fourth-order valence-corrected chi connectivity index (χ4v) is 0.856. The molecule has 0 aromatic carbocycles. The number of hydrogen-bond acceptors (Lipinski definition) is 2. The number of nitrogens with zero attached hydrogens (tertiary/aromatic N) is 2. The van der Waals surface area contributed by atoms with Crippen LogP contribution in [0.2, 0.25) is 0 Å². The molecule has 1 aliphatic heterocycles. The Morgan fingerprint density at radius 1 is 1.40 bits per heavy atom. The smallest absolute Gasteiger partial charge is 0.240 e. The van der Waals surface area contributed by atoms with Gasteiger partial charge in [0.2, 0.25) is 5.91 Å². The van der Waals surface area contributed by atoms with Crippen LogP contribution in [-0.4, -0.2) is 36.6 Å². The van der Waals surface area contributed by atoms with Crippen molar-refractivity contribution in [2.45, 2.75) is 6.42 Å². The number of amides is 1. The lowest BCUT2D eigenvalue weighted by Gasteiger charge is -2.24. The zero-order valence-corrected chi connectivity index (χ0v) is 6.37. The molecule has 0 aromatic heterocycles. The molecule has 56 valence electrons. The first-order valence-electron chi connectivity index (χ1n) is 3.34. The van der Waals surface area contributed by atoms with Gasteiger partial charge in [-0.05, 0) is 0 Å². The normalized spacial score (nSPS) is 21.4. The number of hydrazine groups is 1. The third-order valence-electron chi connectivity index (χ3n) is 1.70. The lowest BCUT2D eigenvalue weighted by Crippen LogP contribution is -2.39. The highest BCUT2D eigenvalue weighted by molar-refractivity contribution is 5.77. The maximum atomic E-state index is 11.1. The van der Waals surface area contributed by atoms with Gasteiger partial charge in [0.15, 0.2) is 0 Å². The number of likely N-dealkylation sites (N-methyl/N-ethyl adjacent to an activating group) is 1. The zero-order chi connectivity index (χ0) is 7.56. The third-order valence-corrected chi connectivity index (χ3v) is 1.70. The van der Waals surface area contributed by atoms with E-state index in [2.05, 4.69) is 0 Å². The molecule has 0 saturated carbocycles. The fraction of sp³-hybridized carbons (Fsp3) is 0.571. The Hall–Kier alpha value is -0.830. The Balaban J connectivity index is 2.65. The second kappa shape index (κ2) is 2.84. The van der Waals surface area contributed by atoms with E-state index < -0.39 is 0 Å². The molecule has 1 heterocycles. The van der Waals surface area contributed by atoms with Crippen LogP contribution in [0, 0.1) is 0 Å². The largest absolute Gasteiger partial charge is 0.278 e. The SMILES string of the molecule is CN1CC=CCC(=O)N1C. The average Bonchev–Trinajstić information content (AvgIpc) is 2.04. The molecule has 1 amide bonds. The molecule has 0 atom stereocenters. The van der Waals surface area contributed by atoms with Crippen molar-refractivity contribution in [3.63, 3.8) is 0 Å². The first-order chi connectivity index (χ1) is 4.72. The zero-order valence-electron chi connectivity index (χ0n) is 6.37. The molecule has 10 heavy (non-hydrogen) atoms. The van der Waals surface area contributed by atoms with Gasteiger partial charge in [-0.2, -0.15) is 0 Å². The molecule has 1 aliphatic rings. The lowest BCUT2D eigenvalue weighted by molar-refractivity contribution is -0.141. The molecule has 0 aromatic rings. The van der Waals surface area contributed by atoms with Crippen molar-refractivity contribution < 1.29 is 4.79 Å². The topological polar surface area (TPSA) is 23.6 Å². The van der Waals surface area contributed by atoms with E-state index in [9.17, 15) is 4.79 Å². The van der Waals surface area contributed by atoms with E-state index in [1.54, 1.807) is 12.1 Å². The standard InChI is InChI=1S/C7H12N2O/c1-8-6-4-3-5-7(10)9(8)2/h3-4H,5-6H2,1-2H3. The summed E-state index contributed by atoms with van der Waals surface area (Å²) in [4.78, 5) is 11.1. The first kappa shape index (κ1) is 7.28. The molecule has 0 unspecified atom stereocenters. The van der Waals surface area contributed by atoms with Gasteiger partial charge in [-0.3, -0.25) is 9.80 Å². The predicted octanol–water partition coefficient (Wildman–Crippen LogP) is 0.252. The summed E-state index contributed by atoms with van der Waals surface area (Å²) >= 11 is 0. The number of carbonyl (C=O) groups excluding carboxylic acids is 1. The van der Waals surface area contributed by atoms with Gasteiger partial charge < -0.3 is 0 Å². The van der Waals surface area contributed by atoms with Gasteiger partial charge in [-0.1, -0.05) is 12.2 Å². The number of rotatable bonds is 0. The van der Waals surface area contributed by atoms with E-state index in [1.165, 1.54) is 0 Å². The van der Waals surface area contributed by atoms with Crippen LogP contribution >= 0.6 is 0 Å². The summed E-state index contributed by atoms with van der Waals surface area (Å²) < 4.78 is 0. The Morgan fingerprint density at radius 2 is 2.10 bits per heavy atom. The molecular formula is C7H12N2O. The van der Waals surface area contributed by atoms with Crippen LogP contribution in [0.3, 0.4) is 0 Å². The molecule has 3 nitrogen and oxygen atoms in total. The minimum Gasteiger partial charge on any atom is -0.278 e. The summed E-state index contributed by atoms with van der Waals surface area (Å²) in [5.74, 6) is 0.149. The Bertz CT molecular complexity index is 165. The van der Waals surface area contributed by atoms with Crippen LogP contribution in [0.4, 0.5) is 0 Å². The van der Waals surface area contributed by atoms with E-state index in [4.69, 9.17) is 0 Å². The Labute approximate surface area is 60.9 Å². The molecule has 0 saturated heterocycles. The van der Waals surface area contributed by atoms with Crippen molar-refractivity contribution in [3.8, 4) is 0 Å². The maximum absolute atomic E-state index is 11.1. The second-order valence-corrected chi connectivity index (χ2v) is 2.43. The van der Waals surface area contributed by atoms with Crippen LogP contribution < -0.4 is 0 Å². The quantitative estimate of drug-likeness (QED) is 0.450. The summed E-state index contributed by atoms with van der Waals surface area (Å²) in [6.45, 7) is 0.822. The Kier molecular flexibility index (Phi) is 2.06. The summed E-state index contributed by atoms with van der Waals surface area (Å²) in [6, 6.07) is 0. The molecule has 0 N–H and O–H groups in total. The number of carbonyl (C=O) groups is 1. The highest BCUT2D eigenvalue weighted by Crippen LogP contribution is 2.01. The van der Waals surface area contributed by atoms with Gasteiger partial charge in [0.05, 0.1) is 0 Å². The molecule has 0 spiro atoms. The molecule has 0 radical (unpaired) electrons. The maximum Gasteiger partial charge on any atom is 0.240 e. The lowest BCUT2D eigenvalue weighted by atomic mass is 10.4. The van der Waals surface area contributed by atoms with Crippen molar-refractivity contribution in [1.29, 1.82) is 0 Å². The van der Waals surface area contributed by atoms with E-state index in [0.717, 1.165) is 6.54 Å². The highest BCUT2D eigenvalue weighted by Gasteiger charge is 2.12. The van der Waals surface area contributed by atoms with Crippen LogP contribution in [0.15, 0.2) is 12.2 Å². The number of hydrogen-bond donors (Lipinski definition) is 0. The summed E-state index contributed by atoms with van der Waals surface area (Å²) in [5, 5.41) is 3.52. The van der Waals surface area contributed by atoms with Crippen LogP contribution in [0.5, 0.6) is 0 Å². The van der Waals surface area contributed by atoms with Crippen molar-refractivity contribution >= 4 is 5.91 Å². The van der Waals surface area contributed by atoms with Crippen LogP contribution in [-0.2, 0) is 4.79 Å². The second-order valence-electron chi connectivity index (χ2n) is 2.43. The van der Waals surface area contributed by atoms with Gasteiger partial charge in [0, 0.05) is 27.1 Å². The summed E-state index contributed by atoms with van der Waals surface area (Å²) in [6.07, 6.45) is 4.44. The van der Waals surface area contributed by atoms with Crippen LogP contribution in [0.25, 0.3) is 0 Å². The van der Waals surface area contributed by atoms with E-state index in [-0.39, 0.29) is 5.91 Å². The van der Waals surface area contributed by atoms with Crippen molar-refractivity contribution in [3.05, 3.63) is 12.2 Å². The minimum absolute atomic E-state index is 0.149. The summed E-state index contributed by atoms with van der Waals surface area (Å²) in [7, 11) is 3.68. The average molecular weight is 140 g/mol. The molecule has 0 aliphatic carbocycles. The highest BCUT2D eigenvalue weighted by atomic mass is 16.2. The molecular weight excluding hydrogens is 128 g/mol. The summed E-state index contributed by atoms with van der Waals surface area (Å²) in [5.41, 5.74) is 0. The molecule has 1 rings (SSSR count). The monoisotopic (exact) mass is 140 g/mol. The third kappa shape index (κ3) is 1.36. The molecule has 0 bridgehead atoms. The minimum atomic E-state index is 0.149. The van der Waals surface area contributed by atoms with E-state index in [0.29, 0.717) is 6.42 Å². The van der Waals surface area contributed by atoms with Crippen molar-refractivity contribution in [2.24, 2.45) is 0 Å². The van der Waals surface area contributed by atoms with E-state index in [1.807, 2.05) is 24.2 Å². The Morgan fingerprint density at radius 3 is 2.80 bits per heavy atom.